The summed E-state index contributed by atoms with van der Waals surface area (Å²) in [7, 11) is 0. The second kappa shape index (κ2) is 8.95. The number of fused-ring (bicyclic) bond motifs is 3. The van der Waals surface area contributed by atoms with E-state index in [4.69, 9.17) is 9.47 Å². The quantitative estimate of drug-likeness (QED) is 0.507. The van der Waals surface area contributed by atoms with Crippen LogP contribution in [0.3, 0.4) is 0 Å². The van der Waals surface area contributed by atoms with Gasteiger partial charge in [0.1, 0.15) is 0 Å². The molecule has 1 aromatic carbocycles. The Morgan fingerprint density at radius 2 is 2.10 bits per heavy atom. The summed E-state index contributed by atoms with van der Waals surface area (Å²) >= 11 is 1.35. The number of amides is 1. The van der Waals surface area contributed by atoms with Gasteiger partial charge in [0, 0.05) is 0 Å². The van der Waals surface area contributed by atoms with Crippen LogP contribution in [0.15, 0.2) is 49.0 Å². The van der Waals surface area contributed by atoms with Crippen molar-refractivity contribution in [3.63, 3.8) is 0 Å². The first-order valence-corrected chi connectivity index (χ1v) is 12.0. The molecular weight excluding hydrogens is 562 g/mol. The number of allylic oxidation sites excluding steroid dienone is 3. The molecule has 0 saturated heterocycles. The molecule has 0 fully saturated rings. The number of ether oxygens (including phenoxy) is 2. The van der Waals surface area contributed by atoms with Crippen molar-refractivity contribution < 1.29 is 33.6 Å². The molecule has 1 aromatic heterocycles. The van der Waals surface area contributed by atoms with Gasteiger partial charge < -0.3 is 0 Å². The minimum atomic E-state index is -0.275. The number of nitrogens with one attached hydrogen (secondary N) is 1. The van der Waals surface area contributed by atoms with E-state index < -0.39 is 0 Å². The summed E-state index contributed by atoms with van der Waals surface area (Å²) in [5.41, 5.74) is 1.30. The molecule has 3 heterocycles. The Kier molecular flexibility index (Phi) is 6.29. The van der Waals surface area contributed by atoms with Gasteiger partial charge >= 0.3 is 180 Å². The number of benzene rings is 1. The molecule has 1 amide bonds. The summed E-state index contributed by atoms with van der Waals surface area (Å²) in [6.07, 6.45) is 13.9. The van der Waals surface area contributed by atoms with E-state index in [0.29, 0.717) is 24.0 Å². The van der Waals surface area contributed by atoms with Crippen molar-refractivity contribution in [3.05, 3.63) is 65.9 Å². The van der Waals surface area contributed by atoms with E-state index in [1.807, 2.05) is 42.8 Å². The van der Waals surface area contributed by atoms with Crippen molar-refractivity contribution in [3.8, 4) is 11.5 Å². The molecule has 1 N–H and O–H groups in total. The molecule has 2 aliphatic heterocycles. The maximum absolute atomic E-state index is 12.9. The van der Waals surface area contributed by atoms with Gasteiger partial charge in [0.15, 0.2) is 0 Å². The molecule has 0 radical (unpaired) electrons. The molecule has 0 bridgehead atoms. The molecule has 1 atom stereocenters. The first kappa shape index (κ1) is 21.8. The summed E-state index contributed by atoms with van der Waals surface area (Å²) in [5, 5.41) is 2.84. The smallest absolute Gasteiger partial charge is 0.0248 e. The van der Waals surface area contributed by atoms with E-state index in [-0.39, 0.29) is 11.5 Å². The number of rotatable bonds is 0. The van der Waals surface area contributed by atoms with Crippen molar-refractivity contribution in [2.75, 3.05) is 6.61 Å². The van der Waals surface area contributed by atoms with Gasteiger partial charge in [-0.3, -0.25) is 0 Å². The van der Waals surface area contributed by atoms with E-state index in [2.05, 4.69) is 35.6 Å². The van der Waals surface area contributed by atoms with Crippen LogP contribution in [-0.4, -0.2) is 31.6 Å². The first-order chi connectivity index (χ1) is 14.8. The summed E-state index contributed by atoms with van der Waals surface area (Å²) < 4.78 is 15.5. The van der Waals surface area contributed by atoms with Crippen molar-refractivity contribution >= 4 is 9.81 Å². The number of nitrogens with zero attached hydrogens (tertiary/aromatic N) is 2. The van der Waals surface area contributed by atoms with E-state index in [1.165, 1.54) is 19.4 Å². The van der Waals surface area contributed by atoms with Gasteiger partial charge in [-0.15, -0.1) is 0 Å². The Morgan fingerprint density at radius 3 is 2.94 bits per heavy atom. The molecule has 4 rings (SSSR count). The molecule has 7 heteroatoms. The van der Waals surface area contributed by atoms with Crippen LogP contribution in [0.25, 0.3) is 0 Å². The second-order valence-corrected chi connectivity index (χ2v) is 10.1. The molecule has 6 nitrogen and oxygen atoms in total. The monoisotopic (exact) mass is 589 g/mol. The van der Waals surface area contributed by atoms with Gasteiger partial charge in [-0.25, -0.2) is 0 Å². The van der Waals surface area contributed by atoms with E-state index in [0.717, 1.165) is 40.3 Å². The predicted octanol–water partition coefficient (Wildman–Crippen LogP) is 3.90. The van der Waals surface area contributed by atoms with Crippen LogP contribution >= 0.6 is 0 Å². The molecule has 0 saturated carbocycles. The van der Waals surface area contributed by atoms with Gasteiger partial charge in [0.05, 0.1) is 0 Å². The fourth-order valence-electron chi connectivity index (χ4n) is 3.96. The normalized spacial score (nSPS) is 20.8. The third-order valence-corrected chi connectivity index (χ3v) is 6.61. The van der Waals surface area contributed by atoms with Crippen LogP contribution in [-0.2, 0) is 25.8 Å². The van der Waals surface area contributed by atoms with Crippen LogP contribution in [0.4, 0.5) is 0 Å². The molecule has 162 valence electrons. The topological polar surface area (TPSA) is 65.4 Å². The molecule has 2 aromatic rings. The van der Waals surface area contributed by atoms with Crippen LogP contribution in [0.1, 0.15) is 61.4 Å². The van der Waals surface area contributed by atoms with Crippen LogP contribution in [0, 0.1) is 0 Å². The van der Waals surface area contributed by atoms with E-state index >= 15 is 0 Å². The Labute approximate surface area is 193 Å². The van der Waals surface area contributed by atoms with Crippen LogP contribution in [0.5, 0.6) is 11.5 Å². The van der Waals surface area contributed by atoms with Gasteiger partial charge in [0.2, 0.25) is 0 Å². The third-order valence-electron chi connectivity index (χ3n) is 5.47. The molecular formula is C24H27N3O3W. The standard InChI is InChI=1S/C24H27N3O3.W/c1-17-8-7-13-29-21-14-18-16-24(2,3)30-20(18)15-19(21)23(28)26-10-6-4-5-9-22-25-11-12-27(17)22;/h4-6,10-12,14-15,17H,7-8,13,16H2,1-3H3,(H,26,28);. The number of hydrogen-bond acceptors (Lipinski definition) is 4. The van der Waals surface area contributed by atoms with Gasteiger partial charge in [-0.2, -0.15) is 0 Å². The number of hydrogen-bond donors (Lipinski definition) is 1. The molecule has 0 spiro atoms. The number of carbonyl (C=O) groups is 1. The molecule has 2 aliphatic rings. The summed E-state index contributed by atoms with van der Waals surface area (Å²) in [4.78, 5) is 17.4. The Hall–Kier alpha value is -2.46. The van der Waals surface area contributed by atoms with Gasteiger partial charge in [0.25, 0.3) is 0 Å². The third kappa shape index (κ3) is 4.90. The minimum Gasteiger partial charge on any atom is -0.0248 e. The first-order valence-electron chi connectivity index (χ1n) is 10.5. The number of imidazole rings is 1. The molecule has 1 unspecified atom stereocenters. The zero-order valence-electron chi connectivity index (χ0n) is 18.1. The number of aromatic nitrogens is 2. The zero-order chi connectivity index (χ0) is 22.0. The Bertz CT molecular complexity index is 1070. The predicted molar refractivity (Wildman–Crippen MR) is 116 cm³/mol. The Balaban J connectivity index is 1.62. The second-order valence-electron chi connectivity index (χ2n) is 8.55. The van der Waals surface area contributed by atoms with Gasteiger partial charge in [-0.1, -0.05) is 0 Å². The van der Waals surface area contributed by atoms with Crippen molar-refractivity contribution in [2.45, 2.75) is 51.7 Å². The average molecular weight is 589 g/mol. The fraction of sp³-hybridized carbons (Fsp3) is 0.375. The molecule has 31 heavy (non-hydrogen) atoms. The van der Waals surface area contributed by atoms with Crippen molar-refractivity contribution in [1.29, 1.82) is 0 Å². The SMILES string of the molecule is CC1CCCOc2cc3c(cc2C(=O)NC=CC=C[C](=[W])c2nccn21)OC(C)(C)C3. The zero-order valence-corrected chi connectivity index (χ0v) is 21.0. The number of carbonyl (C=O) groups excluding carboxylic acids is 1. The minimum absolute atomic E-state index is 0.210. The fourth-order valence-corrected chi connectivity index (χ4v) is 4.81. The maximum atomic E-state index is 12.9. The van der Waals surface area contributed by atoms with Crippen LogP contribution < -0.4 is 14.8 Å². The van der Waals surface area contributed by atoms with Crippen molar-refractivity contribution in [1.82, 2.24) is 14.9 Å². The average Bonchev–Trinajstić information content (AvgIpc) is 3.32. The summed E-state index contributed by atoms with van der Waals surface area (Å²) in [6, 6.07) is 4.08. The van der Waals surface area contributed by atoms with E-state index in [1.54, 1.807) is 6.20 Å². The van der Waals surface area contributed by atoms with Crippen molar-refractivity contribution in [2.24, 2.45) is 0 Å². The van der Waals surface area contributed by atoms with Crippen LogP contribution in [0.2, 0.25) is 0 Å². The molecule has 0 aliphatic carbocycles. The van der Waals surface area contributed by atoms with E-state index in [9.17, 15) is 4.79 Å². The summed E-state index contributed by atoms with van der Waals surface area (Å²) in [6.45, 7) is 6.85. The Morgan fingerprint density at radius 1 is 1.26 bits per heavy atom. The van der Waals surface area contributed by atoms with Gasteiger partial charge in [-0.05, 0) is 13.8 Å². The summed E-state index contributed by atoms with van der Waals surface area (Å²) in [5.74, 6) is 2.15.